The number of piperazine rings is 1. The van der Waals surface area contributed by atoms with Crippen molar-refractivity contribution in [2.45, 2.75) is 51.4 Å². The summed E-state index contributed by atoms with van der Waals surface area (Å²) in [7, 11) is 0. The van der Waals surface area contributed by atoms with Crippen molar-refractivity contribution in [3.8, 4) is 0 Å². The Bertz CT molecular complexity index is 1800. The van der Waals surface area contributed by atoms with Crippen LogP contribution in [-0.4, -0.2) is 72.8 Å². The Hall–Kier alpha value is -4.24. The van der Waals surface area contributed by atoms with Crippen LogP contribution in [0.4, 0.5) is 0 Å². The highest BCUT2D eigenvalue weighted by Gasteiger charge is 2.30. The van der Waals surface area contributed by atoms with Crippen LogP contribution in [0.25, 0.3) is 22.1 Å². The van der Waals surface area contributed by atoms with E-state index in [-0.39, 0.29) is 17.9 Å². The first kappa shape index (κ1) is 28.9. The lowest BCUT2D eigenvalue weighted by atomic mass is 10.1. The number of aryl methyl sites for hydroxylation is 2. The number of para-hydroxylation sites is 1. The molecule has 1 aliphatic rings. The minimum atomic E-state index is -0.0306. The second kappa shape index (κ2) is 12.6. The fourth-order valence-electron chi connectivity index (χ4n) is 5.90. The van der Waals surface area contributed by atoms with Crippen LogP contribution < -0.4 is 0 Å². The fraction of sp³-hybridized carbons (Fsp3) is 0.324. The molecule has 6 rings (SSSR count). The zero-order valence-electron chi connectivity index (χ0n) is 24.9. The third-order valence-electron chi connectivity index (χ3n) is 8.16. The van der Waals surface area contributed by atoms with Gasteiger partial charge in [-0.2, -0.15) is 0 Å². The molecule has 3 heterocycles. The maximum absolute atomic E-state index is 13.1. The molecule has 1 atom stereocenters. The molecule has 1 saturated heterocycles. The topological polar surface area (TPSA) is 84.2 Å². The molecule has 0 aliphatic carbocycles. The number of hydrogen-bond acceptors (Lipinski definition) is 6. The Morgan fingerprint density at radius 3 is 2.58 bits per heavy atom. The average Bonchev–Trinajstić information content (AvgIpc) is 3.31. The van der Waals surface area contributed by atoms with Crippen molar-refractivity contribution in [3.63, 3.8) is 0 Å². The van der Waals surface area contributed by atoms with E-state index in [1.165, 1.54) is 22.9 Å². The molecule has 0 spiro atoms. The van der Waals surface area contributed by atoms with Crippen LogP contribution in [0.5, 0.6) is 0 Å². The third kappa shape index (κ3) is 6.13. The second-order valence-corrected chi connectivity index (χ2v) is 12.4. The fourth-order valence-corrected chi connectivity index (χ4v) is 6.62. The lowest BCUT2D eigenvalue weighted by Crippen LogP contribution is -2.55. The lowest BCUT2D eigenvalue weighted by molar-refractivity contribution is -0.133. The van der Waals surface area contributed by atoms with Crippen molar-refractivity contribution in [2.75, 3.05) is 25.4 Å². The van der Waals surface area contributed by atoms with Gasteiger partial charge in [-0.05, 0) is 50.5 Å². The number of rotatable bonds is 8. The zero-order valence-corrected chi connectivity index (χ0v) is 25.7. The van der Waals surface area contributed by atoms with Crippen molar-refractivity contribution in [1.29, 1.82) is 0 Å². The van der Waals surface area contributed by atoms with Gasteiger partial charge in [-0.15, -0.1) is 10.2 Å². The number of benzene rings is 3. The van der Waals surface area contributed by atoms with Crippen LogP contribution in [0.1, 0.15) is 46.8 Å². The molecule has 43 heavy (non-hydrogen) atoms. The van der Waals surface area contributed by atoms with Gasteiger partial charge in [0.2, 0.25) is 11.1 Å². The summed E-state index contributed by atoms with van der Waals surface area (Å²) in [5, 5.41) is 10.7. The summed E-state index contributed by atoms with van der Waals surface area (Å²) in [6.45, 7) is 8.44. The Labute approximate surface area is 256 Å². The number of fused-ring (bicyclic) bond motifs is 3. The molecule has 220 valence electrons. The summed E-state index contributed by atoms with van der Waals surface area (Å²) in [5.74, 6) is 0.888. The Kier molecular flexibility index (Phi) is 8.42. The van der Waals surface area contributed by atoms with Crippen LogP contribution in [0, 0.1) is 13.8 Å². The molecule has 3 aromatic carbocycles. The molecule has 2 aromatic heterocycles. The van der Waals surface area contributed by atoms with E-state index in [2.05, 4.69) is 58.1 Å². The van der Waals surface area contributed by atoms with Crippen LogP contribution in [0.2, 0.25) is 0 Å². The number of carbonyl (C=O) groups excluding carboxylic acids is 2. The SMILES string of the molecule is Cc1cccc(Cn2c3ccccc3c3nnc(SCCCC(=O)N4CCN(C(=O)c5ccccc5C)C(C)C4)nc32)c1. The Morgan fingerprint density at radius 2 is 1.77 bits per heavy atom. The predicted molar refractivity (Wildman–Crippen MR) is 171 cm³/mol. The minimum Gasteiger partial charge on any atom is -0.339 e. The average molecular weight is 593 g/mol. The van der Waals surface area contributed by atoms with Crippen LogP contribution in [0.15, 0.2) is 78.0 Å². The summed E-state index contributed by atoms with van der Waals surface area (Å²) in [5.41, 5.74) is 6.86. The molecule has 0 saturated carbocycles. The maximum Gasteiger partial charge on any atom is 0.254 e. The van der Waals surface area contributed by atoms with Crippen molar-refractivity contribution >= 4 is 45.6 Å². The highest BCUT2D eigenvalue weighted by atomic mass is 32.2. The van der Waals surface area contributed by atoms with Gasteiger partial charge < -0.3 is 14.4 Å². The zero-order chi connectivity index (χ0) is 29.9. The van der Waals surface area contributed by atoms with E-state index in [0.29, 0.717) is 44.2 Å². The Balaban J connectivity index is 1.06. The van der Waals surface area contributed by atoms with Crippen molar-refractivity contribution in [2.24, 2.45) is 0 Å². The van der Waals surface area contributed by atoms with Crippen molar-refractivity contribution in [3.05, 3.63) is 95.1 Å². The summed E-state index contributed by atoms with van der Waals surface area (Å²) in [6.07, 6.45) is 1.17. The monoisotopic (exact) mass is 592 g/mol. The molecule has 1 aliphatic heterocycles. The number of thioether (sulfide) groups is 1. The van der Waals surface area contributed by atoms with Crippen molar-refractivity contribution in [1.82, 2.24) is 29.5 Å². The molecule has 0 radical (unpaired) electrons. The maximum atomic E-state index is 13.1. The van der Waals surface area contributed by atoms with Crippen molar-refractivity contribution < 1.29 is 9.59 Å². The van der Waals surface area contributed by atoms with E-state index >= 15 is 0 Å². The second-order valence-electron chi connectivity index (χ2n) is 11.3. The van der Waals surface area contributed by atoms with Gasteiger partial charge >= 0.3 is 0 Å². The standard InChI is InChI=1S/C34H36N6O2S/c1-23-10-8-12-26(20-23)22-40-29-15-7-6-14-28(29)31-32(40)35-34(37-36-31)43-19-9-16-30(41)38-17-18-39(25(3)21-38)33(42)27-13-5-4-11-24(27)2/h4-8,10-15,20,25H,9,16-19,21-22H2,1-3H3. The van der Waals surface area contributed by atoms with Gasteiger partial charge in [0.1, 0.15) is 5.52 Å². The van der Waals surface area contributed by atoms with Gasteiger partial charge in [0, 0.05) is 55.3 Å². The summed E-state index contributed by atoms with van der Waals surface area (Å²) < 4.78 is 2.21. The van der Waals surface area contributed by atoms with Gasteiger partial charge in [0.15, 0.2) is 5.65 Å². The molecule has 2 amide bonds. The van der Waals surface area contributed by atoms with E-state index in [1.54, 1.807) is 0 Å². The molecule has 8 nitrogen and oxygen atoms in total. The van der Waals surface area contributed by atoms with Gasteiger partial charge in [0.25, 0.3) is 5.91 Å². The molecule has 0 N–H and O–H groups in total. The molecule has 1 unspecified atom stereocenters. The van der Waals surface area contributed by atoms with E-state index in [9.17, 15) is 9.59 Å². The van der Waals surface area contributed by atoms with Crippen LogP contribution in [0.3, 0.4) is 0 Å². The Morgan fingerprint density at radius 1 is 0.953 bits per heavy atom. The van der Waals surface area contributed by atoms with Gasteiger partial charge in [-0.25, -0.2) is 4.98 Å². The normalized spacial score (nSPS) is 15.4. The van der Waals surface area contributed by atoms with Gasteiger partial charge in [-0.3, -0.25) is 9.59 Å². The first-order valence-electron chi connectivity index (χ1n) is 14.8. The number of amides is 2. The quantitative estimate of drug-likeness (QED) is 0.165. The van der Waals surface area contributed by atoms with E-state index in [0.717, 1.165) is 38.9 Å². The number of hydrogen-bond donors (Lipinski definition) is 0. The molecule has 9 heteroatoms. The number of aromatic nitrogens is 4. The molecule has 1 fully saturated rings. The summed E-state index contributed by atoms with van der Waals surface area (Å²) in [6, 6.07) is 24.4. The molecular formula is C34H36N6O2S. The minimum absolute atomic E-state index is 0.0306. The van der Waals surface area contributed by atoms with E-state index in [1.807, 2.05) is 60.0 Å². The first-order valence-corrected chi connectivity index (χ1v) is 15.8. The third-order valence-corrected chi connectivity index (χ3v) is 9.08. The molecule has 5 aromatic rings. The molecule has 0 bridgehead atoms. The van der Waals surface area contributed by atoms with Crippen LogP contribution in [-0.2, 0) is 11.3 Å². The summed E-state index contributed by atoms with van der Waals surface area (Å²) >= 11 is 1.53. The summed E-state index contributed by atoms with van der Waals surface area (Å²) in [4.78, 5) is 34.9. The highest BCUT2D eigenvalue weighted by molar-refractivity contribution is 7.99. The van der Waals surface area contributed by atoms with E-state index in [4.69, 9.17) is 4.98 Å². The van der Waals surface area contributed by atoms with Gasteiger partial charge in [-0.1, -0.05) is 78.0 Å². The predicted octanol–water partition coefficient (Wildman–Crippen LogP) is 5.89. The smallest absolute Gasteiger partial charge is 0.254 e. The lowest BCUT2D eigenvalue weighted by Gasteiger charge is -2.40. The number of carbonyl (C=O) groups is 2. The first-order chi connectivity index (χ1) is 20.9. The molecular weight excluding hydrogens is 556 g/mol. The number of nitrogens with zero attached hydrogens (tertiary/aromatic N) is 6. The van der Waals surface area contributed by atoms with Crippen LogP contribution >= 0.6 is 11.8 Å². The van der Waals surface area contributed by atoms with Gasteiger partial charge in [0.05, 0.1) is 5.52 Å². The largest absolute Gasteiger partial charge is 0.339 e. The van der Waals surface area contributed by atoms with E-state index < -0.39 is 0 Å². The highest BCUT2D eigenvalue weighted by Crippen LogP contribution is 2.28.